The van der Waals surface area contributed by atoms with Crippen molar-refractivity contribution in [2.45, 2.75) is 49.5 Å². The molecule has 3 saturated heterocycles. The van der Waals surface area contributed by atoms with Gasteiger partial charge in [-0.15, -0.1) is 0 Å². The molecule has 1 aliphatic carbocycles. The smallest absolute Gasteiger partial charge is 0.244 e. The minimum absolute atomic E-state index is 0.0109. The second-order valence-corrected chi connectivity index (χ2v) is 8.34. The molecular formula is C20H22FN5O2. The largest absolute Gasteiger partial charge is 0.322 e. The Morgan fingerprint density at radius 2 is 2.04 bits per heavy atom. The third-order valence-electron chi connectivity index (χ3n) is 6.63. The summed E-state index contributed by atoms with van der Waals surface area (Å²) in [4.78, 5) is 31.1. The minimum Gasteiger partial charge on any atom is -0.322 e. The first-order valence-corrected chi connectivity index (χ1v) is 9.78. The zero-order valence-corrected chi connectivity index (χ0v) is 15.4. The van der Waals surface area contributed by atoms with Crippen molar-refractivity contribution in [1.29, 1.82) is 5.26 Å². The molecule has 2 N–H and O–H groups in total. The van der Waals surface area contributed by atoms with Crippen molar-refractivity contribution in [2.24, 2.45) is 11.7 Å². The number of piperazine rings is 1. The van der Waals surface area contributed by atoms with Crippen molar-refractivity contribution in [2.75, 3.05) is 18.0 Å². The second kappa shape index (κ2) is 6.26. The molecule has 1 saturated carbocycles. The van der Waals surface area contributed by atoms with Crippen molar-refractivity contribution in [3.8, 4) is 6.07 Å². The first-order chi connectivity index (χ1) is 13.5. The number of nitrogens with zero attached hydrogens (tertiary/aromatic N) is 4. The van der Waals surface area contributed by atoms with Crippen molar-refractivity contribution in [3.63, 3.8) is 0 Å². The van der Waals surface area contributed by atoms with E-state index in [0.29, 0.717) is 31.1 Å². The van der Waals surface area contributed by atoms with Crippen molar-refractivity contribution in [3.05, 3.63) is 30.1 Å². The first-order valence-electron chi connectivity index (χ1n) is 9.78. The minimum atomic E-state index is -0.735. The monoisotopic (exact) mass is 383 g/mol. The van der Waals surface area contributed by atoms with Crippen LogP contribution in [0.2, 0.25) is 0 Å². The molecule has 4 aliphatic rings. The van der Waals surface area contributed by atoms with E-state index in [0.717, 1.165) is 12.8 Å². The molecule has 1 unspecified atom stereocenters. The van der Waals surface area contributed by atoms with Crippen LogP contribution in [0.4, 0.5) is 10.1 Å². The van der Waals surface area contributed by atoms with Gasteiger partial charge in [-0.2, -0.15) is 5.26 Å². The van der Waals surface area contributed by atoms with Crippen LogP contribution in [0.5, 0.6) is 0 Å². The molecule has 3 aliphatic heterocycles. The van der Waals surface area contributed by atoms with Gasteiger partial charge in [-0.3, -0.25) is 14.5 Å². The number of rotatable bonds is 4. The molecule has 146 valence electrons. The number of nitriles is 1. The number of piperidine rings is 1. The number of amides is 2. The van der Waals surface area contributed by atoms with E-state index in [2.05, 4.69) is 6.07 Å². The van der Waals surface area contributed by atoms with E-state index < -0.39 is 6.04 Å². The summed E-state index contributed by atoms with van der Waals surface area (Å²) in [6.45, 7) is 0.956. The number of halogens is 1. The van der Waals surface area contributed by atoms with Crippen LogP contribution >= 0.6 is 0 Å². The zero-order valence-electron chi connectivity index (χ0n) is 15.4. The Morgan fingerprint density at radius 1 is 1.29 bits per heavy atom. The molecule has 2 amide bonds. The highest BCUT2D eigenvalue weighted by atomic mass is 19.1. The van der Waals surface area contributed by atoms with Crippen molar-refractivity contribution in [1.82, 2.24) is 9.80 Å². The topological polar surface area (TPSA) is 93.7 Å². The number of hydrogen-bond donors (Lipinski definition) is 1. The molecule has 1 aromatic rings. The van der Waals surface area contributed by atoms with Crippen LogP contribution in [0.25, 0.3) is 0 Å². The van der Waals surface area contributed by atoms with Gasteiger partial charge in [0.1, 0.15) is 11.9 Å². The fraction of sp³-hybridized carbons (Fsp3) is 0.550. The van der Waals surface area contributed by atoms with E-state index in [1.807, 2.05) is 4.90 Å². The summed E-state index contributed by atoms with van der Waals surface area (Å²) in [5.74, 6) is -0.0837. The fourth-order valence-corrected chi connectivity index (χ4v) is 5.22. The van der Waals surface area contributed by atoms with E-state index in [9.17, 15) is 19.2 Å². The lowest BCUT2D eigenvalue weighted by molar-refractivity contribution is -0.135. The highest BCUT2D eigenvalue weighted by Crippen LogP contribution is 2.47. The number of benzene rings is 1. The van der Waals surface area contributed by atoms with Gasteiger partial charge < -0.3 is 15.5 Å². The van der Waals surface area contributed by atoms with Gasteiger partial charge in [-0.05, 0) is 49.4 Å². The van der Waals surface area contributed by atoms with E-state index >= 15 is 0 Å². The maximum absolute atomic E-state index is 13.2. The summed E-state index contributed by atoms with van der Waals surface area (Å²) < 4.78 is 13.2. The molecule has 8 heteroatoms. The lowest BCUT2D eigenvalue weighted by Crippen LogP contribution is -2.57. The Hall–Kier alpha value is -2.50. The van der Waals surface area contributed by atoms with Crippen LogP contribution in [0.1, 0.15) is 19.3 Å². The molecule has 6 atom stereocenters. The number of fused-ring (bicyclic) bond motifs is 3. The van der Waals surface area contributed by atoms with Gasteiger partial charge in [0.2, 0.25) is 11.8 Å². The quantitative estimate of drug-likeness (QED) is 0.815. The summed E-state index contributed by atoms with van der Waals surface area (Å²) in [7, 11) is 0. The van der Waals surface area contributed by atoms with Crippen LogP contribution in [0.3, 0.4) is 0 Å². The van der Waals surface area contributed by atoms with E-state index in [1.165, 1.54) is 12.1 Å². The van der Waals surface area contributed by atoms with Gasteiger partial charge in [0.25, 0.3) is 0 Å². The number of likely N-dealkylation sites (tertiary alicyclic amines) is 2. The average Bonchev–Trinajstić information content (AvgIpc) is 3.02. The van der Waals surface area contributed by atoms with Crippen LogP contribution < -0.4 is 10.6 Å². The predicted octanol–water partition coefficient (Wildman–Crippen LogP) is 0.455. The maximum Gasteiger partial charge on any atom is 0.244 e. The van der Waals surface area contributed by atoms with E-state index in [-0.39, 0.29) is 41.8 Å². The molecule has 4 fully saturated rings. The summed E-state index contributed by atoms with van der Waals surface area (Å²) in [5.41, 5.74) is 6.91. The van der Waals surface area contributed by atoms with Crippen molar-refractivity contribution >= 4 is 17.5 Å². The molecule has 0 radical (unpaired) electrons. The fourth-order valence-electron chi connectivity index (χ4n) is 5.22. The molecule has 5 rings (SSSR count). The molecule has 0 spiro atoms. The van der Waals surface area contributed by atoms with Gasteiger partial charge >= 0.3 is 0 Å². The molecule has 0 aromatic heterocycles. The molecular weight excluding hydrogens is 361 g/mol. The van der Waals surface area contributed by atoms with Crippen LogP contribution in [0, 0.1) is 23.1 Å². The third-order valence-corrected chi connectivity index (χ3v) is 6.63. The summed E-state index contributed by atoms with van der Waals surface area (Å²) in [5, 5.41) is 9.30. The van der Waals surface area contributed by atoms with Gasteiger partial charge in [-0.1, -0.05) is 0 Å². The molecule has 7 nitrogen and oxygen atoms in total. The predicted molar refractivity (Wildman–Crippen MR) is 98.4 cm³/mol. The van der Waals surface area contributed by atoms with E-state index in [4.69, 9.17) is 5.73 Å². The second-order valence-electron chi connectivity index (χ2n) is 8.34. The average molecular weight is 383 g/mol. The molecule has 28 heavy (non-hydrogen) atoms. The number of carbonyl (C=O) groups excluding carboxylic acids is 2. The van der Waals surface area contributed by atoms with Gasteiger partial charge in [0, 0.05) is 24.8 Å². The number of nitrogens with two attached hydrogens (primary N) is 1. The Balaban J connectivity index is 1.25. The highest BCUT2D eigenvalue weighted by Gasteiger charge is 2.55. The Kier molecular flexibility index (Phi) is 3.93. The third kappa shape index (κ3) is 2.61. The molecule has 1 aromatic carbocycles. The highest BCUT2D eigenvalue weighted by molar-refractivity contribution is 6.01. The standard InChI is InChI=1S/C20H22FN5O2/c21-12-1-3-13(4-2-12)25-15-7-18(20(25)28)24(9-15)10-16(23)19(27)26-14(8-22)5-11-6-17(11)26/h1-4,11,14-18H,5-7,9-10,23H2/t11-,14+,15-,16+,17?,18-/m1/s1. The zero-order chi connectivity index (χ0) is 19.6. The number of anilines is 1. The van der Waals surface area contributed by atoms with E-state index in [1.54, 1.807) is 21.9 Å². The first kappa shape index (κ1) is 17.6. The van der Waals surface area contributed by atoms with Crippen LogP contribution in [0.15, 0.2) is 24.3 Å². The molecule has 2 bridgehead atoms. The van der Waals surface area contributed by atoms with Crippen LogP contribution in [-0.2, 0) is 9.59 Å². The summed E-state index contributed by atoms with van der Waals surface area (Å²) in [6, 6.07) is 6.95. The maximum atomic E-state index is 13.2. The number of carbonyl (C=O) groups is 2. The Bertz CT molecular complexity index is 868. The lowest BCUT2D eigenvalue weighted by Gasteiger charge is -2.35. The summed E-state index contributed by atoms with van der Waals surface area (Å²) >= 11 is 0. The van der Waals surface area contributed by atoms with Gasteiger partial charge in [-0.25, -0.2) is 4.39 Å². The molecule has 3 heterocycles. The van der Waals surface area contributed by atoms with Gasteiger partial charge in [0.15, 0.2) is 0 Å². The Morgan fingerprint density at radius 3 is 2.71 bits per heavy atom. The van der Waals surface area contributed by atoms with Crippen molar-refractivity contribution < 1.29 is 14.0 Å². The SMILES string of the molecule is N#C[C@@H]1C[C@@H]2CC2N1C(=O)[C@@H](N)CN1C[C@H]2C[C@@H]1C(=O)N2c1ccc(F)cc1. The normalized spacial score (nSPS) is 34.5. The lowest BCUT2D eigenvalue weighted by atomic mass is 10.1. The van der Waals surface area contributed by atoms with Gasteiger partial charge in [0.05, 0.1) is 24.2 Å². The Labute approximate surface area is 162 Å². The summed E-state index contributed by atoms with van der Waals surface area (Å²) in [6.07, 6.45) is 2.40. The number of hydrogen-bond acceptors (Lipinski definition) is 5. The van der Waals surface area contributed by atoms with Crippen LogP contribution in [-0.4, -0.2) is 64.9 Å².